The molecule has 0 spiro atoms. The zero-order valence-electron chi connectivity index (χ0n) is 10.2. The molecule has 0 heterocycles. The molecule has 1 aliphatic rings. The Balaban J connectivity index is 2.42. The molecule has 0 aromatic heterocycles. The highest BCUT2D eigenvalue weighted by Crippen LogP contribution is 2.13. The molecule has 0 bridgehead atoms. The first kappa shape index (κ1) is 13.0. The first-order chi connectivity index (χ1) is 7.37. The van der Waals surface area contributed by atoms with Gasteiger partial charge >= 0.3 is 6.09 Å². The van der Waals surface area contributed by atoms with Crippen LogP contribution in [0.1, 0.15) is 40.0 Å². The van der Waals surface area contributed by atoms with E-state index in [1.54, 1.807) is 6.08 Å². The van der Waals surface area contributed by atoms with E-state index in [1.165, 1.54) is 0 Å². The van der Waals surface area contributed by atoms with Crippen molar-refractivity contribution in [2.75, 3.05) is 0 Å². The molecule has 0 radical (unpaired) electrons. The maximum Gasteiger partial charge on any atom is 0.408 e. The second-order valence-corrected chi connectivity index (χ2v) is 5.14. The Morgan fingerprint density at radius 2 is 2.06 bits per heavy atom. The van der Waals surface area contributed by atoms with E-state index in [-0.39, 0.29) is 12.1 Å². The molecule has 1 aliphatic carbocycles. The van der Waals surface area contributed by atoms with Gasteiger partial charge in [0.05, 0.1) is 12.1 Å². The minimum Gasteiger partial charge on any atom is -0.444 e. The van der Waals surface area contributed by atoms with Crippen LogP contribution in [0.5, 0.6) is 0 Å². The van der Waals surface area contributed by atoms with Crippen molar-refractivity contribution in [3.05, 3.63) is 12.2 Å². The quantitative estimate of drug-likeness (QED) is 0.673. The molecular weight excluding hydrogens is 206 g/mol. The fourth-order valence-corrected chi connectivity index (χ4v) is 1.58. The lowest BCUT2D eigenvalue weighted by molar-refractivity contribution is 0.0512. The fraction of sp³-hybridized carbons (Fsp3) is 0.750. The number of aliphatic hydroxyl groups is 1. The van der Waals surface area contributed by atoms with Crippen LogP contribution in [0.25, 0.3) is 0 Å². The zero-order valence-corrected chi connectivity index (χ0v) is 10.2. The number of hydrogen-bond donors (Lipinski definition) is 2. The Hall–Kier alpha value is -1.03. The van der Waals surface area contributed by atoms with Crippen molar-refractivity contribution in [1.82, 2.24) is 5.32 Å². The molecule has 4 nitrogen and oxygen atoms in total. The number of aliphatic hydroxyl groups excluding tert-OH is 1. The topological polar surface area (TPSA) is 58.6 Å². The van der Waals surface area contributed by atoms with E-state index in [2.05, 4.69) is 5.32 Å². The van der Waals surface area contributed by atoms with Gasteiger partial charge in [-0.15, -0.1) is 0 Å². The Bertz CT molecular complexity index is 268. The van der Waals surface area contributed by atoms with E-state index in [0.717, 1.165) is 19.3 Å². The van der Waals surface area contributed by atoms with Crippen LogP contribution in [0, 0.1) is 0 Å². The third-order valence-electron chi connectivity index (χ3n) is 2.28. The predicted molar refractivity (Wildman–Crippen MR) is 62.2 cm³/mol. The maximum atomic E-state index is 11.5. The molecule has 0 saturated heterocycles. The van der Waals surface area contributed by atoms with Crippen LogP contribution in [0.15, 0.2) is 12.2 Å². The minimum absolute atomic E-state index is 0.0352. The summed E-state index contributed by atoms with van der Waals surface area (Å²) in [5.74, 6) is 0. The van der Waals surface area contributed by atoms with Crippen molar-refractivity contribution in [2.45, 2.75) is 57.8 Å². The second kappa shape index (κ2) is 5.34. The van der Waals surface area contributed by atoms with Crippen molar-refractivity contribution in [3.63, 3.8) is 0 Å². The van der Waals surface area contributed by atoms with Gasteiger partial charge in [-0.1, -0.05) is 12.2 Å². The lowest BCUT2D eigenvalue weighted by Crippen LogP contribution is -2.38. The first-order valence-electron chi connectivity index (χ1n) is 5.73. The van der Waals surface area contributed by atoms with Gasteiger partial charge in [0.2, 0.25) is 0 Å². The number of hydrogen-bond acceptors (Lipinski definition) is 3. The summed E-state index contributed by atoms with van der Waals surface area (Å²) in [6.07, 6.45) is 5.27. The molecule has 0 saturated carbocycles. The van der Waals surface area contributed by atoms with Crippen molar-refractivity contribution in [3.8, 4) is 0 Å². The molecule has 16 heavy (non-hydrogen) atoms. The van der Waals surface area contributed by atoms with Crippen LogP contribution in [0.3, 0.4) is 0 Å². The molecular formula is C12H21NO3. The van der Waals surface area contributed by atoms with Gasteiger partial charge in [-0.3, -0.25) is 0 Å². The zero-order chi connectivity index (χ0) is 12.2. The number of nitrogens with one attached hydrogen (secondary N) is 1. The maximum absolute atomic E-state index is 11.5. The molecule has 2 N–H and O–H groups in total. The van der Waals surface area contributed by atoms with Crippen LogP contribution in [0.2, 0.25) is 0 Å². The largest absolute Gasteiger partial charge is 0.444 e. The number of rotatable bonds is 1. The predicted octanol–water partition coefficient (Wildman–Crippen LogP) is 1.98. The van der Waals surface area contributed by atoms with Gasteiger partial charge in [-0.05, 0) is 40.0 Å². The van der Waals surface area contributed by atoms with Crippen LogP contribution in [0.4, 0.5) is 4.79 Å². The molecule has 0 aromatic carbocycles. The third kappa shape index (κ3) is 5.16. The van der Waals surface area contributed by atoms with E-state index in [1.807, 2.05) is 26.8 Å². The van der Waals surface area contributed by atoms with Gasteiger partial charge < -0.3 is 15.2 Å². The highest BCUT2D eigenvalue weighted by molar-refractivity contribution is 5.68. The molecule has 2 atom stereocenters. The molecule has 1 amide bonds. The van der Waals surface area contributed by atoms with Gasteiger partial charge in [0.15, 0.2) is 0 Å². The van der Waals surface area contributed by atoms with Gasteiger partial charge in [0, 0.05) is 0 Å². The Morgan fingerprint density at radius 3 is 2.69 bits per heavy atom. The Kier molecular flexibility index (Phi) is 4.35. The third-order valence-corrected chi connectivity index (χ3v) is 2.28. The summed E-state index contributed by atoms with van der Waals surface area (Å²) in [6, 6.07) is -0.0352. The summed E-state index contributed by atoms with van der Waals surface area (Å²) >= 11 is 0. The standard InChI is InChI=1S/C12H21NO3/c1-12(2,3)16-11(15)13-9-5-4-6-10(14)8-7-9/h7-10,14H,4-6H2,1-3H3,(H,13,15)/t9-,10+/m1/s1. The lowest BCUT2D eigenvalue weighted by Gasteiger charge is -2.21. The van der Waals surface area contributed by atoms with Gasteiger partial charge in [0.1, 0.15) is 5.60 Å². The summed E-state index contributed by atoms with van der Waals surface area (Å²) in [6.45, 7) is 5.50. The van der Waals surface area contributed by atoms with Gasteiger partial charge in [-0.25, -0.2) is 4.79 Å². The van der Waals surface area contributed by atoms with Crippen molar-refractivity contribution in [2.24, 2.45) is 0 Å². The molecule has 0 unspecified atom stereocenters. The van der Waals surface area contributed by atoms with Crippen molar-refractivity contribution >= 4 is 6.09 Å². The lowest BCUT2D eigenvalue weighted by atomic mass is 10.1. The second-order valence-electron chi connectivity index (χ2n) is 5.14. The molecule has 4 heteroatoms. The highest BCUT2D eigenvalue weighted by Gasteiger charge is 2.19. The summed E-state index contributed by atoms with van der Waals surface area (Å²) in [7, 11) is 0. The van der Waals surface area contributed by atoms with Crippen molar-refractivity contribution < 1.29 is 14.6 Å². The monoisotopic (exact) mass is 227 g/mol. The number of carbonyl (C=O) groups excluding carboxylic acids is 1. The Labute approximate surface area is 96.7 Å². The van der Waals surface area contributed by atoms with Gasteiger partial charge in [-0.2, -0.15) is 0 Å². The van der Waals surface area contributed by atoms with E-state index < -0.39 is 11.7 Å². The van der Waals surface area contributed by atoms with Gasteiger partial charge in [0.25, 0.3) is 0 Å². The summed E-state index contributed by atoms with van der Waals surface area (Å²) in [4.78, 5) is 11.5. The smallest absolute Gasteiger partial charge is 0.408 e. The van der Waals surface area contributed by atoms with Crippen LogP contribution in [-0.4, -0.2) is 28.9 Å². The number of alkyl carbamates (subject to hydrolysis) is 1. The van der Waals surface area contributed by atoms with Crippen LogP contribution in [-0.2, 0) is 4.74 Å². The van der Waals surface area contributed by atoms with E-state index in [0.29, 0.717) is 0 Å². The normalized spacial score (nSPS) is 26.0. The molecule has 92 valence electrons. The molecule has 1 rings (SSSR count). The number of amides is 1. The molecule has 0 fully saturated rings. The van der Waals surface area contributed by atoms with Crippen LogP contribution >= 0.6 is 0 Å². The average molecular weight is 227 g/mol. The molecule has 0 aliphatic heterocycles. The summed E-state index contributed by atoms with van der Waals surface area (Å²) < 4.78 is 5.16. The average Bonchev–Trinajstić information content (AvgIpc) is 2.27. The summed E-state index contributed by atoms with van der Waals surface area (Å²) in [5.41, 5.74) is -0.474. The Morgan fingerprint density at radius 1 is 1.38 bits per heavy atom. The minimum atomic E-state index is -0.474. The molecule has 0 aromatic rings. The van der Waals surface area contributed by atoms with Crippen LogP contribution < -0.4 is 5.32 Å². The van der Waals surface area contributed by atoms with Crippen molar-refractivity contribution in [1.29, 1.82) is 0 Å². The number of ether oxygens (including phenoxy) is 1. The fourth-order valence-electron chi connectivity index (χ4n) is 1.58. The SMILES string of the molecule is CC(C)(C)OC(=O)N[C@H]1C=C[C@@H](O)CCC1. The first-order valence-corrected chi connectivity index (χ1v) is 5.73. The highest BCUT2D eigenvalue weighted by atomic mass is 16.6. The van der Waals surface area contributed by atoms with E-state index in [4.69, 9.17) is 4.74 Å². The summed E-state index contributed by atoms with van der Waals surface area (Å²) in [5, 5.41) is 12.2. The number of carbonyl (C=O) groups is 1. The van der Waals surface area contributed by atoms with E-state index >= 15 is 0 Å². The van der Waals surface area contributed by atoms with E-state index in [9.17, 15) is 9.90 Å².